The van der Waals surface area contributed by atoms with Gasteiger partial charge in [-0.15, -0.1) is 0 Å². The fourth-order valence-electron chi connectivity index (χ4n) is 2.58. The number of rotatable bonds is 7. The Morgan fingerprint density at radius 1 is 0.808 bits per heavy atom. The van der Waals surface area contributed by atoms with Crippen molar-refractivity contribution in [1.82, 2.24) is 0 Å². The summed E-state index contributed by atoms with van der Waals surface area (Å²) in [6.07, 6.45) is 1.05. The fourth-order valence-corrected chi connectivity index (χ4v) is 2.96. The molecule has 0 aliphatic heterocycles. The molecule has 0 saturated carbocycles. The molecular weight excluding hydrogens is 365 g/mol. The Hall–Kier alpha value is -2.16. The number of nitrogens with one attached hydrogen (secondary N) is 1. The summed E-state index contributed by atoms with van der Waals surface area (Å²) in [6, 6.07) is 21.9. The first kappa shape index (κ1) is 18.6. The predicted octanol–water partition coefficient (Wildman–Crippen LogP) is 6.75. The first-order valence-electron chi connectivity index (χ1n) is 8.62. The third-order valence-electron chi connectivity index (χ3n) is 4.16. The average molecular weight is 386 g/mol. The zero-order valence-electron chi connectivity index (χ0n) is 14.6. The highest BCUT2D eigenvalue weighted by Gasteiger charge is 2.04. The largest absolute Gasteiger partial charge is 0.487 e. The maximum Gasteiger partial charge on any atom is 0.138 e. The van der Waals surface area contributed by atoms with Crippen molar-refractivity contribution in [3.63, 3.8) is 0 Å². The van der Waals surface area contributed by atoms with E-state index in [-0.39, 0.29) is 0 Å². The molecule has 2 nitrogen and oxygen atoms in total. The molecule has 0 aliphatic rings. The van der Waals surface area contributed by atoms with Crippen LogP contribution >= 0.6 is 23.2 Å². The van der Waals surface area contributed by atoms with Crippen LogP contribution in [0.4, 0.5) is 5.69 Å². The second kappa shape index (κ2) is 8.98. The molecule has 0 spiro atoms. The van der Waals surface area contributed by atoms with Crippen LogP contribution in [0.3, 0.4) is 0 Å². The minimum atomic E-state index is 0.457. The number of benzene rings is 3. The van der Waals surface area contributed by atoms with Crippen LogP contribution in [-0.2, 0) is 19.6 Å². The van der Waals surface area contributed by atoms with Crippen molar-refractivity contribution in [2.75, 3.05) is 5.32 Å². The van der Waals surface area contributed by atoms with Crippen molar-refractivity contribution >= 4 is 28.9 Å². The molecule has 3 aromatic rings. The molecule has 0 amide bonds. The van der Waals surface area contributed by atoms with Gasteiger partial charge in [-0.05, 0) is 59.5 Å². The van der Waals surface area contributed by atoms with E-state index in [4.69, 9.17) is 27.9 Å². The van der Waals surface area contributed by atoms with E-state index in [2.05, 4.69) is 36.5 Å². The van der Waals surface area contributed by atoms with Gasteiger partial charge in [0.05, 0.1) is 5.02 Å². The number of ether oxygens (including phenoxy) is 1. The van der Waals surface area contributed by atoms with Gasteiger partial charge in [-0.25, -0.2) is 0 Å². The molecule has 4 heteroatoms. The average Bonchev–Trinajstić information content (AvgIpc) is 2.67. The van der Waals surface area contributed by atoms with Gasteiger partial charge in [0, 0.05) is 17.3 Å². The summed E-state index contributed by atoms with van der Waals surface area (Å²) in [5.41, 5.74) is 4.59. The van der Waals surface area contributed by atoms with E-state index >= 15 is 0 Å². The molecule has 134 valence electrons. The Morgan fingerprint density at radius 2 is 1.46 bits per heavy atom. The number of anilines is 1. The van der Waals surface area contributed by atoms with Crippen LogP contribution in [0.25, 0.3) is 0 Å². The molecule has 0 fully saturated rings. The summed E-state index contributed by atoms with van der Waals surface area (Å²) in [6.45, 7) is 3.32. The van der Waals surface area contributed by atoms with Gasteiger partial charge < -0.3 is 10.1 Å². The van der Waals surface area contributed by atoms with Gasteiger partial charge in [0.15, 0.2) is 0 Å². The zero-order chi connectivity index (χ0) is 18.4. The van der Waals surface area contributed by atoms with E-state index in [1.165, 1.54) is 5.56 Å². The topological polar surface area (TPSA) is 21.3 Å². The molecule has 0 heterocycles. The Balaban J connectivity index is 1.57. The van der Waals surface area contributed by atoms with Crippen LogP contribution in [0.5, 0.6) is 5.75 Å². The first-order valence-corrected chi connectivity index (χ1v) is 9.38. The highest BCUT2D eigenvalue weighted by Crippen LogP contribution is 2.27. The third kappa shape index (κ3) is 5.17. The Bertz CT molecular complexity index is 845. The second-order valence-corrected chi connectivity index (χ2v) is 6.93. The first-order chi connectivity index (χ1) is 12.6. The predicted molar refractivity (Wildman–Crippen MR) is 110 cm³/mol. The van der Waals surface area contributed by atoms with Gasteiger partial charge in [-0.2, -0.15) is 0 Å². The quantitative estimate of drug-likeness (QED) is 0.485. The molecular formula is C22H21Cl2NO. The molecule has 26 heavy (non-hydrogen) atoms. The van der Waals surface area contributed by atoms with Gasteiger partial charge >= 0.3 is 0 Å². The summed E-state index contributed by atoms with van der Waals surface area (Å²) >= 11 is 12.3. The van der Waals surface area contributed by atoms with E-state index in [0.29, 0.717) is 28.9 Å². The molecule has 0 bridgehead atoms. The van der Waals surface area contributed by atoms with E-state index < -0.39 is 0 Å². The monoisotopic (exact) mass is 385 g/mol. The smallest absolute Gasteiger partial charge is 0.138 e. The maximum absolute atomic E-state index is 6.37. The minimum Gasteiger partial charge on any atom is -0.487 e. The lowest BCUT2D eigenvalue weighted by Crippen LogP contribution is -2.00. The lowest BCUT2D eigenvalue weighted by Gasteiger charge is -2.11. The number of aryl methyl sites for hydroxylation is 1. The summed E-state index contributed by atoms with van der Waals surface area (Å²) in [7, 11) is 0. The maximum atomic E-state index is 6.37. The molecule has 0 atom stereocenters. The Kier molecular flexibility index (Phi) is 6.43. The molecule has 3 aromatic carbocycles. The van der Waals surface area contributed by atoms with E-state index in [1.807, 2.05) is 42.5 Å². The van der Waals surface area contributed by atoms with Crippen LogP contribution in [0.1, 0.15) is 23.6 Å². The van der Waals surface area contributed by atoms with Crippen LogP contribution in [0.15, 0.2) is 66.7 Å². The standard InChI is InChI=1S/C22H21Cl2NO/c1-2-16-5-10-20(11-6-16)25-14-18-7-12-22(21(24)13-18)26-15-17-3-8-19(23)9-4-17/h3-13,25H,2,14-15H2,1H3. The number of halogens is 2. The Morgan fingerprint density at radius 3 is 2.12 bits per heavy atom. The molecule has 1 N–H and O–H groups in total. The summed E-state index contributed by atoms with van der Waals surface area (Å²) in [4.78, 5) is 0. The SMILES string of the molecule is CCc1ccc(NCc2ccc(OCc3ccc(Cl)cc3)c(Cl)c2)cc1. The summed E-state index contributed by atoms with van der Waals surface area (Å²) in [5.74, 6) is 0.678. The van der Waals surface area contributed by atoms with Crippen molar-refractivity contribution < 1.29 is 4.74 Å². The highest BCUT2D eigenvalue weighted by atomic mass is 35.5. The Labute approximate surface area is 164 Å². The minimum absolute atomic E-state index is 0.457. The molecule has 0 aromatic heterocycles. The number of hydrogen-bond acceptors (Lipinski definition) is 2. The van der Waals surface area contributed by atoms with E-state index in [1.54, 1.807) is 0 Å². The molecule has 0 radical (unpaired) electrons. The fraction of sp³-hybridized carbons (Fsp3) is 0.182. The van der Waals surface area contributed by atoms with Crippen molar-refractivity contribution in [2.24, 2.45) is 0 Å². The van der Waals surface area contributed by atoms with Crippen LogP contribution in [0, 0.1) is 0 Å². The van der Waals surface area contributed by atoms with Crippen molar-refractivity contribution in [1.29, 1.82) is 0 Å². The number of hydrogen-bond donors (Lipinski definition) is 1. The highest BCUT2D eigenvalue weighted by molar-refractivity contribution is 6.32. The lowest BCUT2D eigenvalue weighted by molar-refractivity contribution is 0.306. The molecule has 0 unspecified atom stereocenters. The molecule has 0 aliphatic carbocycles. The summed E-state index contributed by atoms with van der Waals surface area (Å²) in [5, 5.41) is 4.74. The van der Waals surface area contributed by atoms with E-state index in [9.17, 15) is 0 Å². The van der Waals surface area contributed by atoms with Gasteiger partial charge in [0.2, 0.25) is 0 Å². The van der Waals surface area contributed by atoms with Crippen molar-refractivity contribution in [3.8, 4) is 5.75 Å². The van der Waals surface area contributed by atoms with Crippen molar-refractivity contribution in [3.05, 3.63) is 93.5 Å². The summed E-state index contributed by atoms with van der Waals surface area (Å²) < 4.78 is 5.81. The normalized spacial score (nSPS) is 10.6. The van der Waals surface area contributed by atoms with Crippen LogP contribution in [0.2, 0.25) is 10.0 Å². The van der Waals surface area contributed by atoms with Crippen LogP contribution < -0.4 is 10.1 Å². The van der Waals surface area contributed by atoms with Gasteiger partial charge in [-0.3, -0.25) is 0 Å². The molecule has 3 rings (SSSR count). The van der Waals surface area contributed by atoms with Crippen molar-refractivity contribution in [2.45, 2.75) is 26.5 Å². The second-order valence-electron chi connectivity index (χ2n) is 6.08. The van der Waals surface area contributed by atoms with Gasteiger partial charge in [0.25, 0.3) is 0 Å². The van der Waals surface area contributed by atoms with Gasteiger partial charge in [0.1, 0.15) is 12.4 Å². The third-order valence-corrected chi connectivity index (χ3v) is 4.71. The van der Waals surface area contributed by atoms with E-state index in [0.717, 1.165) is 23.2 Å². The zero-order valence-corrected chi connectivity index (χ0v) is 16.1. The molecule has 0 saturated heterocycles. The van der Waals surface area contributed by atoms with Crippen LogP contribution in [-0.4, -0.2) is 0 Å². The lowest BCUT2D eigenvalue weighted by atomic mass is 10.1. The van der Waals surface area contributed by atoms with Gasteiger partial charge in [-0.1, -0.05) is 60.5 Å².